The van der Waals surface area contributed by atoms with E-state index >= 15 is 0 Å². The van der Waals surface area contributed by atoms with E-state index in [1.807, 2.05) is 0 Å². The number of rotatable bonds is 4. The summed E-state index contributed by atoms with van der Waals surface area (Å²) in [5, 5.41) is 5.15. The maximum Gasteiger partial charge on any atom is 0.257 e. The third-order valence-corrected chi connectivity index (χ3v) is 5.68. The largest absolute Gasteiger partial charge is 0.348 e. The molecule has 3 rings (SSSR count). The smallest absolute Gasteiger partial charge is 0.257 e. The zero-order valence-corrected chi connectivity index (χ0v) is 14.4. The van der Waals surface area contributed by atoms with Gasteiger partial charge in [0.2, 0.25) is 0 Å². The molecule has 1 saturated heterocycles. The number of amides is 2. The van der Waals surface area contributed by atoms with Crippen molar-refractivity contribution in [1.82, 2.24) is 10.3 Å². The van der Waals surface area contributed by atoms with Crippen LogP contribution < -0.4 is 10.6 Å². The molecule has 2 amide bonds. The molecule has 1 fully saturated rings. The number of halogens is 1. The summed E-state index contributed by atoms with van der Waals surface area (Å²) in [5.74, 6) is -1.57. The molecule has 1 aliphatic heterocycles. The van der Waals surface area contributed by atoms with Gasteiger partial charge in [-0.15, -0.1) is 0 Å². The van der Waals surface area contributed by atoms with Crippen LogP contribution in [0.25, 0.3) is 0 Å². The average Bonchev–Trinajstić information content (AvgIpc) is 2.93. The van der Waals surface area contributed by atoms with Crippen molar-refractivity contribution in [3.63, 3.8) is 0 Å². The van der Waals surface area contributed by atoms with E-state index in [-0.39, 0.29) is 28.3 Å². The Hall–Kier alpha value is -2.81. The second-order valence-corrected chi connectivity index (χ2v) is 8.23. The maximum absolute atomic E-state index is 13.2. The molecule has 1 aromatic heterocycles. The average molecular weight is 377 g/mol. The first-order chi connectivity index (χ1) is 12.3. The summed E-state index contributed by atoms with van der Waals surface area (Å²) in [5.41, 5.74) is 0.545. The third kappa shape index (κ3) is 4.42. The van der Waals surface area contributed by atoms with Crippen LogP contribution in [-0.2, 0) is 9.84 Å². The van der Waals surface area contributed by atoms with Gasteiger partial charge in [-0.1, -0.05) is 6.07 Å². The number of carbonyl (C=O) groups excluding carboxylic acids is 2. The highest BCUT2D eigenvalue weighted by Gasteiger charge is 2.29. The summed E-state index contributed by atoms with van der Waals surface area (Å²) in [4.78, 5) is 28.4. The van der Waals surface area contributed by atoms with Crippen LogP contribution in [0.15, 0.2) is 42.7 Å². The third-order valence-electron chi connectivity index (χ3n) is 3.91. The van der Waals surface area contributed by atoms with E-state index in [0.29, 0.717) is 6.42 Å². The Morgan fingerprint density at radius 3 is 2.50 bits per heavy atom. The second kappa shape index (κ2) is 7.20. The summed E-state index contributed by atoms with van der Waals surface area (Å²) < 4.78 is 36.1. The van der Waals surface area contributed by atoms with Crippen LogP contribution in [0.4, 0.5) is 10.1 Å². The summed E-state index contributed by atoms with van der Waals surface area (Å²) in [6.07, 6.45) is 2.93. The SMILES string of the molecule is O=C(Nc1cccc(F)c1)c1cncc(C(=O)NC2CCS(=O)(=O)C2)c1. The Bertz CT molecular complexity index is 962. The van der Waals surface area contributed by atoms with Gasteiger partial charge in [0, 0.05) is 24.1 Å². The molecule has 1 aliphatic rings. The van der Waals surface area contributed by atoms with Crippen molar-refractivity contribution in [3.8, 4) is 0 Å². The lowest BCUT2D eigenvalue weighted by molar-refractivity contribution is 0.0940. The first-order valence-corrected chi connectivity index (χ1v) is 9.68. The monoisotopic (exact) mass is 377 g/mol. The van der Waals surface area contributed by atoms with E-state index < -0.39 is 33.5 Å². The highest BCUT2D eigenvalue weighted by atomic mass is 32.2. The number of anilines is 1. The highest BCUT2D eigenvalue weighted by molar-refractivity contribution is 7.91. The lowest BCUT2D eigenvalue weighted by Crippen LogP contribution is -2.35. The zero-order valence-electron chi connectivity index (χ0n) is 13.6. The fourth-order valence-electron chi connectivity index (χ4n) is 2.64. The van der Waals surface area contributed by atoms with Crippen LogP contribution in [-0.4, -0.2) is 42.8 Å². The standard InChI is InChI=1S/C17H16FN3O4S/c18-13-2-1-3-14(7-13)20-16(22)11-6-12(9-19-8-11)17(23)21-15-4-5-26(24,25)10-15/h1-3,6-9,15H,4-5,10H2,(H,20,22)(H,21,23). The fraction of sp³-hybridized carbons (Fsp3) is 0.235. The Morgan fingerprint density at radius 2 is 1.85 bits per heavy atom. The molecule has 136 valence electrons. The number of sulfone groups is 1. The van der Waals surface area contributed by atoms with Crippen molar-refractivity contribution < 1.29 is 22.4 Å². The Balaban J connectivity index is 1.69. The van der Waals surface area contributed by atoms with E-state index in [4.69, 9.17) is 0 Å². The number of nitrogens with zero attached hydrogens (tertiary/aromatic N) is 1. The Labute approximate surface area is 149 Å². The molecular formula is C17H16FN3O4S. The summed E-state index contributed by atoms with van der Waals surface area (Å²) in [6, 6.07) is 6.32. The molecule has 0 spiro atoms. The molecule has 0 aliphatic carbocycles. The first kappa shape index (κ1) is 18.0. The minimum Gasteiger partial charge on any atom is -0.348 e. The lowest BCUT2D eigenvalue weighted by atomic mass is 10.1. The summed E-state index contributed by atoms with van der Waals surface area (Å²) in [6.45, 7) is 0. The minimum absolute atomic E-state index is 0.0479. The molecule has 9 heteroatoms. The van der Waals surface area contributed by atoms with E-state index in [1.165, 1.54) is 42.7 Å². The number of carbonyl (C=O) groups is 2. The van der Waals surface area contributed by atoms with Gasteiger partial charge in [0.1, 0.15) is 5.82 Å². The fourth-order valence-corrected chi connectivity index (χ4v) is 4.31. The Morgan fingerprint density at radius 1 is 1.12 bits per heavy atom. The molecule has 1 unspecified atom stereocenters. The minimum atomic E-state index is -3.11. The molecule has 2 aromatic rings. The number of hydrogen-bond acceptors (Lipinski definition) is 5. The van der Waals surface area contributed by atoms with Crippen molar-refractivity contribution in [3.05, 3.63) is 59.7 Å². The molecule has 0 bridgehead atoms. The normalized spacial score (nSPS) is 18.3. The summed E-state index contributed by atoms with van der Waals surface area (Å²) >= 11 is 0. The topological polar surface area (TPSA) is 105 Å². The van der Waals surface area contributed by atoms with Crippen LogP contribution >= 0.6 is 0 Å². The second-order valence-electron chi connectivity index (χ2n) is 6.00. The van der Waals surface area contributed by atoms with Crippen molar-refractivity contribution >= 4 is 27.3 Å². The van der Waals surface area contributed by atoms with E-state index in [0.717, 1.165) is 0 Å². The number of nitrogens with one attached hydrogen (secondary N) is 2. The van der Waals surface area contributed by atoms with Crippen LogP contribution in [0, 0.1) is 5.82 Å². The number of hydrogen-bond donors (Lipinski definition) is 2. The molecular weight excluding hydrogens is 361 g/mol. The maximum atomic E-state index is 13.2. The number of pyridine rings is 1. The molecule has 7 nitrogen and oxygen atoms in total. The van der Waals surface area contributed by atoms with Crippen LogP contribution in [0.5, 0.6) is 0 Å². The van der Waals surface area contributed by atoms with Crippen LogP contribution in [0.3, 0.4) is 0 Å². The van der Waals surface area contributed by atoms with Gasteiger partial charge in [-0.05, 0) is 30.7 Å². The predicted molar refractivity (Wildman–Crippen MR) is 93.1 cm³/mol. The van der Waals surface area contributed by atoms with Gasteiger partial charge < -0.3 is 10.6 Å². The molecule has 2 N–H and O–H groups in total. The van der Waals surface area contributed by atoms with Crippen molar-refractivity contribution in [2.75, 3.05) is 16.8 Å². The van der Waals surface area contributed by atoms with Crippen molar-refractivity contribution in [1.29, 1.82) is 0 Å². The molecule has 2 heterocycles. The van der Waals surface area contributed by atoms with Gasteiger partial charge in [-0.25, -0.2) is 12.8 Å². The van der Waals surface area contributed by atoms with Crippen LogP contribution in [0.2, 0.25) is 0 Å². The molecule has 1 aromatic carbocycles. The lowest BCUT2D eigenvalue weighted by Gasteiger charge is -2.11. The van der Waals surface area contributed by atoms with E-state index in [1.54, 1.807) is 0 Å². The molecule has 26 heavy (non-hydrogen) atoms. The quantitative estimate of drug-likeness (QED) is 0.838. The highest BCUT2D eigenvalue weighted by Crippen LogP contribution is 2.14. The molecule has 1 atom stereocenters. The Kier molecular flexibility index (Phi) is 4.99. The van der Waals surface area contributed by atoms with Gasteiger partial charge in [-0.3, -0.25) is 14.6 Å². The number of benzene rings is 1. The predicted octanol–water partition coefficient (Wildman–Crippen LogP) is 1.39. The van der Waals surface area contributed by atoms with Gasteiger partial charge in [0.25, 0.3) is 11.8 Å². The molecule has 0 saturated carbocycles. The molecule has 0 radical (unpaired) electrons. The van der Waals surface area contributed by atoms with Gasteiger partial charge in [0.15, 0.2) is 9.84 Å². The van der Waals surface area contributed by atoms with Crippen LogP contribution in [0.1, 0.15) is 27.1 Å². The summed E-state index contributed by atoms with van der Waals surface area (Å²) in [7, 11) is -3.11. The van der Waals surface area contributed by atoms with Gasteiger partial charge >= 0.3 is 0 Å². The van der Waals surface area contributed by atoms with E-state index in [2.05, 4.69) is 15.6 Å². The van der Waals surface area contributed by atoms with Gasteiger partial charge in [-0.2, -0.15) is 0 Å². The first-order valence-electron chi connectivity index (χ1n) is 7.86. The zero-order chi connectivity index (χ0) is 18.7. The van der Waals surface area contributed by atoms with Crippen molar-refractivity contribution in [2.45, 2.75) is 12.5 Å². The van der Waals surface area contributed by atoms with E-state index in [9.17, 15) is 22.4 Å². The van der Waals surface area contributed by atoms with Gasteiger partial charge in [0.05, 0.1) is 22.6 Å². The van der Waals surface area contributed by atoms with Crippen molar-refractivity contribution in [2.24, 2.45) is 0 Å². The number of aromatic nitrogens is 1.